The Morgan fingerprint density at radius 3 is 1.69 bits per heavy atom. The fourth-order valence-corrected chi connectivity index (χ4v) is 3.37. The molecule has 0 aliphatic heterocycles. The first kappa shape index (κ1) is 30.4. The number of rotatable bonds is 8. The van der Waals surface area contributed by atoms with E-state index in [0.717, 1.165) is 23.3 Å². The number of nitrogens with two attached hydrogens (primary N) is 4. The van der Waals surface area contributed by atoms with Crippen LogP contribution in [0.15, 0.2) is 101 Å². The van der Waals surface area contributed by atoms with Crippen molar-refractivity contribution < 1.29 is 29.6 Å². The zero-order chi connectivity index (χ0) is 30.5. The largest absolute Gasteiger partial charge is 0.504 e. The van der Waals surface area contributed by atoms with Crippen LogP contribution in [0.4, 0.5) is 16.2 Å². The summed E-state index contributed by atoms with van der Waals surface area (Å²) in [6.07, 6.45) is 0. The van der Waals surface area contributed by atoms with Gasteiger partial charge in [0, 0.05) is 18.2 Å². The molecule has 4 rings (SSSR count). The number of carbonyl (C=O) groups excluding carboxylic acids is 1. The van der Waals surface area contributed by atoms with Crippen LogP contribution >= 0.6 is 0 Å². The fourth-order valence-electron chi connectivity index (χ4n) is 3.37. The Morgan fingerprint density at radius 1 is 0.667 bits per heavy atom. The maximum Gasteiger partial charge on any atom is 0.318 e. The third kappa shape index (κ3) is 9.89. The van der Waals surface area contributed by atoms with Crippen molar-refractivity contribution in [3.63, 3.8) is 0 Å². The van der Waals surface area contributed by atoms with Crippen LogP contribution in [0.5, 0.6) is 28.7 Å². The number of nitrogens with zero attached hydrogens (tertiary/aromatic N) is 2. The predicted octanol–water partition coefficient (Wildman–Crippen LogP) is 3.17. The minimum absolute atomic E-state index is 0.00281. The Balaban J connectivity index is 0.000000260. The molecule has 0 aliphatic carbocycles. The van der Waals surface area contributed by atoms with Crippen LogP contribution < -0.4 is 37.7 Å². The van der Waals surface area contributed by atoms with Crippen molar-refractivity contribution in [2.24, 2.45) is 32.9 Å². The second kappa shape index (κ2) is 14.9. The number of nitrogens with one attached hydrogen (secondary N) is 1. The lowest BCUT2D eigenvalue weighted by molar-refractivity contribution is 0.253. The van der Waals surface area contributed by atoms with Gasteiger partial charge in [-0.15, -0.1) is 0 Å². The molecule has 0 radical (unpaired) electrons. The van der Waals surface area contributed by atoms with Crippen molar-refractivity contribution in [3.05, 3.63) is 102 Å². The molecule has 0 fully saturated rings. The van der Waals surface area contributed by atoms with Gasteiger partial charge in [0.15, 0.2) is 34.7 Å². The molecule has 4 aromatic rings. The molecular formula is C29H31N7O6. The number of phenols is 3. The van der Waals surface area contributed by atoms with E-state index in [1.165, 1.54) is 0 Å². The highest BCUT2D eigenvalue weighted by Crippen LogP contribution is 2.38. The zero-order valence-electron chi connectivity index (χ0n) is 22.3. The van der Waals surface area contributed by atoms with Gasteiger partial charge in [0.1, 0.15) is 13.2 Å². The molecule has 13 nitrogen and oxygen atoms in total. The summed E-state index contributed by atoms with van der Waals surface area (Å²) in [6.45, 7) is 0.873. The number of primary amides is 1. The van der Waals surface area contributed by atoms with Crippen LogP contribution in [0.25, 0.3) is 0 Å². The lowest BCUT2D eigenvalue weighted by atomic mass is 10.2. The van der Waals surface area contributed by atoms with Gasteiger partial charge in [-0.3, -0.25) is 5.32 Å². The molecule has 2 amide bonds. The number of aromatic hydroxyl groups is 3. The minimum Gasteiger partial charge on any atom is -0.504 e. The topological polar surface area (TPSA) is 237 Å². The van der Waals surface area contributed by atoms with E-state index in [-0.39, 0.29) is 17.6 Å². The smallest absolute Gasteiger partial charge is 0.318 e. The van der Waals surface area contributed by atoms with Gasteiger partial charge in [0.2, 0.25) is 5.96 Å². The second-order valence-corrected chi connectivity index (χ2v) is 8.54. The lowest BCUT2D eigenvalue weighted by Crippen LogP contribution is -2.39. The number of amides is 2. The molecule has 0 saturated heterocycles. The molecule has 42 heavy (non-hydrogen) atoms. The maximum absolute atomic E-state index is 10.4. The van der Waals surface area contributed by atoms with Crippen molar-refractivity contribution in [2.75, 3.05) is 0 Å². The summed E-state index contributed by atoms with van der Waals surface area (Å²) in [5.41, 5.74) is 23.8. The van der Waals surface area contributed by atoms with E-state index in [0.29, 0.717) is 30.4 Å². The number of ether oxygens (including phenoxy) is 2. The van der Waals surface area contributed by atoms with E-state index < -0.39 is 23.3 Å². The second-order valence-electron chi connectivity index (χ2n) is 8.54. The molecule has 4 aromatic carbocycles. The highest BCUT2D eigenvalue weighted by molar-refractivity contribution is 5.95. The van der Waals surface area contributed by atoms with E-state index in [9.17, 15) is 4.79 Å². The van der Waals surface area contributed by atoms with Crippen molar-refractivity contribution in [1.82, 2.24) is 5.32 Å². The summed E-state index contributed by atoms with van der Waals surface area (Å²) in [5.74, 6) is -0.878. The molecule has 12 N–H and O–H groups in total. The monoisotopic (exact) mass is 573 g/mol. The summed E-state index contributed by atoms with van der Waals surface area (Å²) >= 11 is 0. The summed E-state index contributed by atoms with van der Waals surface area (Å²) in [5, 5.41) is 29.3. The van der Waals surface area contributed by atoms with Gasteiger partial charge < -0.3 is 47.7 Å². The maximum atomic E-state index is 10.4. The Hall–Kier alpha value is -6.11. The molecule has 0 unspecified atom stereocenters. The number of carbonyl (C=O) groups is 1. The summed E-state index contributed by atoms with van der Waals surface area (Å²) in [6, 6.07) is 26.4. The SMILES string of the molecule is NC(=O)NC(N)=Nc1cc(O)c(O)c(O)c1.NC(N)=Nc1ccc(OCc2ccccc2)c(OCc2ccccc2)c1. The molecule has 0 bridgehead atoms. The Kier molecular flexibility index (Phi) is 10.8. The van der Waals surface area contributed by atoms with E-state index in [1.807, 2.05) is 72.0 Å². The quantitative estimate of drug-likeness (QED) is 0.0876. The average Bonchev–Trinajstić information content (AvgIpc) is 2.95. The van der Waals surface area contributed by atoms with Crippen LogP contribution in [0.1, 0.15) is 11.1 Å². The number of benzene rings is 4. The Morgan fingerprint density at radius 2 is 1.19 bits per heavy atom. The van der Waals surface area contributed by atoms with Crippen LogP contribution in [0, 0.1) is 0 Å². The van der Waals surface area contributed by atoms with E-state index in [2.05, 4.69) is 9.98 Å². The van der Waals surface area contributed by atoms with Crippen molar-refractivity contribution in [2.45, 2.75) is 13.2 Å². The van der Waals surface area contributed by atoms with Gasteiger partial charge in [-0.1, -0.05) is 60.7 Å². The zero-order valence-corrected chi connectivity index (χ0v) is 22.3. The van der Waals surface area contributed by atoms with Gasteiger partial charge in [-0.25, -0.2) is 14.8 Å². The summed E-state index contributed by atoms with van der Waals surface area (Å²) < 4.78 is 11.9. The highest BCUT2D eigenvalue weighted by atomic mass is 16.5. The van der Waals surface area contributed by atoms with Gasteiger partial charge in [0.05, 0.1) is 11.4 Å². The van der Waals surface area contributed by atoms with Crippen molar-refractivity contribution in [1.29, 1.82) is 0 Å². The molecule has 0 heterocycles. The normalized spacial score (nSPS) is 10.5. The van der Waals surface area contributed by atoms with Gasteiger partial charge in [0.25, 0.3) is 0 Å². The first-order valence-electron chi connectivity index (χ1n) is 12.3. The Bertz CT molecular complexity index is 1520. The summed E-state index contributed by atoms with van der Waals surface area (Å²) in [4.78, 5) is 18.1. The number of urea groups is 1. The highest BCUT2D eigenvalue weighted by Gasteiger charge is 2.09. The number of hydrogen-bond donors (Lipinski definition) is 8. The molecular weight excluding hydrogens is 542 g/mol. The molecule has 218 valence electrons. The molecule has 13 heteroatoms. The summed E-state index contributed by atoms with van der Waals surface area (Å²) in [7, 11) is 0. The van der Waals surface area contributed by atoms with Gasteiger partial charge >= 0.3 is 6.03 Å². The first-order valence-corrected chi connectivity index (χ1v) is 12.3. The molecule has 0 saturated carbocycles. The molecule has 0 aliphatic rings. The molecule has 0 atom stereocenters. The van der Waals surface area contributed by atoms with Crippen molar-refractivity contribution >= 4 is 29.3 Å². The van der Waals surface area contributed by atoms with Gasteiger partial charge in [-0.05, 0) is 23.3 Å². The third-order valence-corrected chi connectivity index (χ3v) is 5.22. The predicted molar refractivity (Wildman–Crippen MR) is 159 cm³/mol. The van der Waals surface area contributed by atoms with E-state index >= 15 is 0 Å². The third-order valence-electron chi connectivity index (χ3n) is 5.22. The van der Waals surface area contributed by atoms with Crippen LogP contribution in [0.2, 0.25) is 0 Å². The molecule has 0 spiro atoms. The number of aliphatic imine (C=N–C) groups is 2. The minimum atomic E-state index is -0.895. The van der Waals surface area contributed by atoms with Crippen LogP contribution in [0.3, 0.4) is 0 Å². The molecule has 0 aromatic heterocycles. The van der Waals surface area contributed by atoms with E-state index in [1.54, 1.807) is 12.1 Å². The number of hydrogen-bond acceptors (Lipinski definition) is 8. The van der Waals surface area contributed by atoms with Crippen LogP contribution in [-0.4, -0.2) is 33.3 Å². The lowest BCUT2D eigenvalue weighted by Gasteiger charge is -2.14. The number of guanidine groups is 2. The average molecular weight is 574 g/mol. The number of phenolic OH excluding ortho intramolecular Hbond substituents is 3. The first-order chi connectivity index (χ1) is 20.1. The van der Waals surface area contributed by atoms with Crippen LogP contribution in [-0.2, 0) is 13.2 Å². The fraction of sp³-hybridized carbons (Fsp3) is 0.0690. The standard InChI is InChI=1S/C21H21N3O2.C8H10N4O4/c22-21(23)24-18-11-12-19(25-14-16-7-3-1-4-8-16)20(13-18)26-15-17-9-5-2-6-10-17;9-7(12-8(10)16)11-3-1-4(13)6(15)5(14)2-3/h1-13H,14-15H2,(H4,22,23,24);1-2,13-15H,(H5,9,10,11,12,16). The Labute approximate surface area is 241 Å². The van der Waals surface area contributed by atoms with Crippen molar-refractivity contribution in [3.8, 4) is 28.7 Å². The van der Waals surface area contributed by atoms with E-state index in [4.69, 9.17) is 47.7 Å². The van der Waals surface area contributed by atoms with Gasteiger partial charge in [-0.2, -0.15) is 0 Å².